The van der Waals surface area contributed by atoms with Crippen LogP contribution in [0.25, 0.3) is 0 Å². The third-order valence-electron chi connectivity index (χ3n) is 4.17. The van der Waals surface area contributed by atoms with Crippen molar-refractivity contribution in [3.63, 3.8) is 0 Å². The van der Waals surface area contributed by atoms with Crippen molar-refractivity contribution in [3.05, 3.63) is 22.4 Å². The predicted octanol–water partition coefficient (Wildman–Crippen LogP) is 2.37. The molecule has 1 fully saturated rings. The maximum atomic E-state index is 12.0. The first-order valence-corrected chi connectivity index (χ1v) is 8.60. The number of nitrogens with two attached hydrogens (primary N) is 1. The molecule has 1 aromatic heterocycles. The quantitative estimate of drug-likeness (QED) is 0.878. The van der Waals surface area contributed by atoms with E-state index in [4.69, 9.17) is 5.73 Å². The minimum Gasteiger partial charge on any atom is -0.353 e. The summed E-state index contributed by atoms with van der Waals surface area (Å²) < 4.78 is 0. The zero-order valence-corrected chi connectivity index (χ0v) is 14.1. The fraction of sp³-hybridized carbons (Fsp3) is 0.688. The third-order valence-corrected chi connectivity index (χ3v) is 5.15. The molecule has 0 spiro atoms. The van der Waals surface area contributed by atoms with Gasteiger partial charge in [0.05, 0.1) is 11.6 Å². The van der Waals surface area contributed by atoms with Crippen LogP contribution in [0.1, 0.15) is 44.5 Å². The number of piperidine rings is 1. The maximum absolute atomic E-state index is 12.0. The van der Waals surface area contributed by atoms with E-state index in [1.165, 1.54) is 17.7 Å². The average Bonchev–Trinajstić information content (AvgIpc) is 2.93. The first-order chi connectivity index (χ1) is 9.88. The number of hydrogen-bond acceptors (Lipinski definition) is 4. The Hall–Kier alpha value is -0.910. The van der Waals surface area contributed by atoms with Crippen LogP contribution in [0, 0.1) is 5.92 Å². The van der Waals surface area contributed by atoms with Crippen molar-refractivity contribution in [2.24, 2.45) is 11.7 Å². The monoisotopic (exact) mass is 309 g/mol. The van der Waals surface area contributed by atoms with Gasteiger partial charge in [-0.3, -0.25) is 9.69 Å². The number of nitrogens with zero attached hydrogens (tertiary/aromatic N) is 1. The molecule has 3 N–H and O–H groups in total. The number of rotatable bonds is 5. The molecule has 5 heteroatoms. The van der Waals surface area contributed by atoms with Crippen LogP contribution in [0.4, 0.5) is 0 Å². The molecule has 1 saturated heterocycles. The van der Waals surface area contributed by atoms with Crippen LogP contribution in [-0.2, 0) is 4.79 Å². The molecule has 118 valence electrons. The highest BCUT2D eigenvalue weighted by molar-refractivity contribution is 7.10. The lowest BCUT2D eigenvalue weighted by Crippen LogP contribution is -2.51. The minimum absolute atomic E-state index is 0.0885. The fourth-order valence-electron chi connectivity index (χ4n) is 2.65. The van der Waals surface area contributed by atoms with Crippen LogP contribution in [-0.4, -0.2) is 36.0 Å². The summed E-state index contributed by atoms with van der Waals surface area (Å²) in [5.74, 6) is 0.720. The topological polar surface area (TPSA) is 58.4 Å². The van der Waals surface area contributed by atoms with Gasteiger partial charge >= 0.3 is 0 Å². The van der Waals surface area contributed by atoms with Crippen molar-refractivity contribution < 1.29 is 4.79 Å². The number of amides is 1. The highest BCUT2D eigenvalue weighted by Crippen LogP contribution is 2.29. The van der Waals surface area contributed by atoms with Crippen molar-refractivity contribution >= 4 is 17.2 Å². The summed E-state index contributed by atoms with van der Waals surface area (Å²) in [6.07, 6.45) is 2.47. The molecule has 1 unspecified atom stereocenters. The molecule has 1 aliphatic heterocycles. The van der Waals surface area contributed by atoms with Gasteiger partial charge in [-0.05, 0) is 57.1 Å². The van der Waals surface area contributed by atoms with Gasteiger partial charge in [-0.2, -0.15) is 0 Å². The molecule has 2 rings (SSSR count). The summed E-state index contributed by atoms with van der Waals surface area (Å²) >= 11 is 1.76. The van der Waals surface area contributed by atoms with Crippen LogP contribution < -0.4 is 11.1 Å². The van der Waals surface area contributed by atoms with Gasteiger partial charge in [0, 0.05) is 11.4 Å². The zero-order chi connectivity index (χ0) is 15.5. The third kappa shape index (κ3) is 4.53. The smallest absolute Gasteiger partial charge is 0.239 e. The number of hydrogen-bond donors (Lipinski definition) is 2. The lowest BCUT2D eigenvalue weighted by molar-refractivity contribution is -0.125. The van der Waals surface area contributed by atoms with E-state index in [2.05, 4.69) is 34.7 Å². The largest absolute Gasteiger partial charge is 0.353 e. The molecule has 1 amide bonds. The highest BCUT2D eigenvalue weighted by Gasteiger charge is 2.28. The number of carbonyl (C=O) groups excluding carboxylic acids is 1. The van der Waals surface area contributed by atoms with E-state index in [0.29, 0.717) is 6.54 Å². The molecule has 0 aromatic carbocycles. The summed E-state index contributed by atoms with van der Waals surface area (Å²) in [6.45, 7) is 8.64. The Balaban J connectivity index is 2.02. The Morgan fingerprint density at radius 3 is 2.71 bits per heavy atom. The van der Waals surface area contributed by atoms with E-state index in [9.17, 15) is 4.79 Å². The first-order valence-electron chi connectivity index (χ1n) is 7.72. The van der Waals surface area contributed by atoms with Crippen LogP contribution in [0.15, 0.2) is 17.5 Å². The van der Waals surface area contributed by atoms with Gasteiger partial charge in [-0.1, -0.05) is 13.0 Å². The average molecular weight is 309 g/mol. The molecule has 0 saturated carbocycles. The number of thiophene rings is 1. The van der Waals surface area contributed by atoms with Crippen LogP contribution >= 0.6 is 11.3 Å². The Morgan fingerprint density at radius 2 is 2.19 bits per heavy atom. The van der Waals surface area contributed by atoms with Crippen LogP contribution in [0.2, 0.25) is 0 Å². The predicted molar refractivity (Wildman–Crippen MR) is 88.3 cm³/mol. The van der Waals surface area contributed by atoms with Gasteiger partial charge in [0.25, 0.3) is 0 Å². The summed E-state index contributed by atoms with van der Waals surface area (Å²) in [6, 6.07) is 4.50. The number of likely N-dealkylation sites (tertiary alicyclic amines) is 1. The Morgan fingerprint density at radius 1 is 1.52 bits per heavy atom. The van der Waals surface area contributed by atoms with E-state index in [1.807, 2.05) is 0 Å². The van der Waals surface area contributed by atoms with E-state index in [0.717, 1.165) is 19.0 Å². The highest BCUT2D eigenvalue weighted by atomic mass is 32.1. The van der Waals surface area contributed by atoms with Crippen molar-refractivity contribution in [2.75, 3.05) is 19.6 Å². The summed E-state index contributed by atoms with van der Waals surface area (Å²) in [5.41, 5.74) is 5.03. The number of carbonyl (C=O) groups is 1. The minimum atomic E-state index is -0.823. The van der Waals surface area contributed by atoms with Gasteiger partial charge in [0.1, 0.15) is 0 Å². The Bertz CT molecular complexity index is 445. The lowest BCUT2D eigenvalue weighted by Gasteiger charge is -2.36. The maximum Gasteiger partial charge on any atom is 0.239 e. The fourth-order valence-corrected chi connectivity index (χ4v) is 3.51. The normalized spacial score (nSPS) is 19.4. The molecule has 0 bridgehead atoms. The SMILES string of the molecule is CC1CCN(C(CNC(=O)C(C)(C)N)c2cccs2)CC1. The molecule has 1 atom stereocenters. The van der Waals surface area contributed by atoms with Crippen molar-refractivity contribution in [2.45, 2.75) is 45.2 Å². The van der Waals surface area contributed by atoms with Gasteiger partial charge < -0.3 is 11.1 Å². The molecule has 0 aliphatic carbocycles. The van der Waals surface area contributed by atoms with Crippen LogP contribution in [0.5, 0.6) is 0 Å². The summed E-state index contributed by atoms with van der Waals surface area (Å²) in [7, 11) is 0. The first kappa shape index (κ1) is 16.5. The number of nitrogens with one attached hydrogen (secondary N) is 1. The second-order valence-electron chi connectivity index (χ2n) is 6.68. The van der Waals surface area contributed by atoms with Crippen LogP contribution in [0.3, 0.4) is 0 Å². The van der Waals surface area contributed by atoms with E-state index in [1.54, 1.807) is 25.2 Å². The van der Waals surface area contributed by atoms with E-state index >= 15 is 0 Å². The van der Waals surface area contributed by atoms with Crippen molar-refractivity contribution in [3.8, 4) is 0 Å². The van der Waals surface area contributed by atoms with E-state index in [-0.39, 0.29) is 11.9 Å². The summed E-state index contributed by atoms with van der Waals surface area (Å²) in [5, 5.41) is 5.12. The zero-order valence-electron chi connectivity index (χ0n) is 13.3. The molecule has 2 heterocycles. The molecule has 21 heavy (non-hydrogen) atoms. The van der Waals surface area contributed by atoms with Crippen molar-refractivity contribution in [1.82, 2.24) is 10.2 Å². The van der Waals surface area contributed by atoms with Gasteiger partial charge in [0.15, 0.2) is 0 Å². The lowest BCUT2D eigenvalue weighted by atomic mass is 9.97. The summed E-state index contributed by atoms with van der Waals surface area (Å²) in [4.78, 5) is 15.8. The Labute approximate surface area is 131 Å². The molecule has 0 radical (unpaired) electrons. The second kappa shape index (κ2) is 6.90. The van der Waals surface area contributed by atoms with Gasteiger partial charge in [-0.25, -0.2) is 0 Å². The standard InChI is InChI=1S/C16H27N3OS/c1-12-6-8-19(9-7-12)13(14-5-4-10-21-14)11-18-15(20)16(2,3)17/h4-5,10,12-13H,6-9,11,17H2,1-3H3,(H,18,20). The molecular weight excluding hydrogens is 282 g/mol. The van der Waals surface area contributed by atoms with Crippen molar-refractivity contribution in [1.29, 1.82) is 0 Å². The van der Waals surface area contributed by atoms with E-state index < -0.39 is 5.54 Å². The molecule has 1 aliphatic rings. The molecular formula is C16H27N3OS. The Kier molecular flexibility index (Phi) is 5.41. The molecule has 1 aromatic rings. The second-order valence-corrected chi connectivity index (χ2v) is 7.66. The van der Waals surface area contributed by atoms with Gasteiger partial charge in [-0.15, -0.1) is 11.3 Å². The van der Waals surface area contributed by atoms with Gasteiger partial charge in [0.2, 0.25) is 5.91 Å². The molecule has 4 nitrogen and oxygen atoms in total.